The fourth-order valence-electron chi connectivity index (χ4n) is 3.30. The first-order chi connectivity index (χ1) is 15.1. The van der Waals surface area contributed by atoms with Crippen LogP contribution in [0.1, 0.15) is 23.0 Å². The number of aromatic nitrogens is 2. The monoisotopic (exact) mass is 474 g/mol. The average Bonchev–Trinajstić information content (AvgIpc) is 3.28. The molecule has 32 heavy (non-hydrogen) atoms. The first-order valence-electron chi connectivity index (χ1n) is 9.37. The van der Waals surface area contributed by atoms with E-state index in [9.17, 15) is 17.6 Å². The first-order valence-corrected chi connectivity index (χ1v) is 11.9. The summed E-state index contributed by atoms with van der Waals surface area (Å²) in [5.74, 6) is -1.92. The summed E-state index contributed by atoms with van der Waals surface area (Å²) in [6.07, 6.45) is 2.84. The lowest BCUT2D eigenvalue weighted by atomic mass is 9.93. The van der Waals surface area contributed by atoms with Crippen LogP contribution in [0.15, 0.2) is 52.4 Å². The molecule has 0 spiro atoms. The van der Waals surface area contributed by atoms with Crippen LogP contribution in [-0.2, 0) is 15.6 Å². The third-order valence-corrected chi connectivity index (χ3v) is 7.70. The number of nitrogens with one attached hydrogen (secondary N) is 1. The van der Waals surface area contributed by atoms with E-state index in [-0.39, 0.29) is 22.9 Å². The molecule has 1 aromatic carbocycles. The molecule has 9 nitrogen and oxygen atoms in total. The predicted octanol–water partition coefficient (Wildman–Crippen LogP) is 2.40. The number of benzene rings is 1. The summed E-state index contributed by atoms with van der Waals surface area (Å²) in [6, 6.07) is 5.74. The topological polar surface area (TPSA) is 131 Å². The number of hydrogen-bond donors (Lipinski definition) is 2. The molecule has 166 valence electrons. The third-order valence-electron chi connectivity index (χ3n) is 5.07. The van der Waals surface area contributed by atoms with Crippen LogP contribution >= 0.6 is 11.3 Å². The van der Waals surface area contributed by atoms with Gasteiger partial charge in [0.15, 0.2) is 0 Å². The third kappa shape index (κ3) is 4.06. The van der Waals surface area contributed by atoms with Crippen molar-refractivity contribution in [2.24, 2.45) is 10.7 Å². The standard InChI is InChI=1S/C20H19FN6O3S2/c1-20(11-32(29,30)27(2)19(22)26-20)14-7-13(3-4-15(14)21)25-18(28)17-9-23-16(8-24-17)12-5-6-31-10-12/h3-10H,11H2,1-2H3,(H2,22,26)(H,25,28)/t20-/m0/s1. The van der Waals surface area contributed by atoms with Gasteiger partial charge in [-0.15, -0.1) is 0 Å². The van der Waals surface area contributed by atoms with E-state index in [1.54, 1.807) is 0 Å². The highest BCUT2D eigenvalue weighted by atomic mass is 32.2. The lowest BCUT2D eigenvalue weighted by molar-refractivity contribution is 0.102. The molecule has 1 amide bonds. The number of guanidine groups is 1. The summed E-state index contributed by atoms with van der Waals surface area (Å²) in [7, 11) is -2.50. The van der Waals surface area contributed by atoms with Gasteiger partial charge in [-0.3, -0.25) is 9.78 Å². The van der Waals surface area contributed by atoms with Crippen molar-refractivity contribution in [3.8, 4) is 11.3 Å². The minimum atomic E-state index is -3.78. The molecule has 1 atom stereocenters. The molecular formula is C20H19FN6O3S2. The van der Waals surface area contributed by atoms with Gasteiger partial charge in [-0.05, 0) is 36.6 Å². The predicted molar refractivity (Wildman–Crippen MR) is 120 cm³/mol. The van der Waals surface area contributed by atoms with Crippen molar-refractivity contribution in [3.63, 3.8) is 0 Å². The molecule has 0 saturated carbocycles. The van der Waals surface area contributed by atoms with Gasteiger partial charge in [-0.1, -0.05) is 0 Å². The molecule has 0 unspecified atom stereocenters. The molecule has 0 bridgehead atoms. The molecule has 0 fully saturated rings. The number of carbonyl (C=O) groups is 1. The van der Waals surface area contributed by atoms with Gasteiger partial charge >= 0.3 is 0 Å². The molecule has 12 heteroatoms. The quantitative estimate of drug-likeness (QED) is 0.597. The number of thiophene rings is 1. The van der Waals surface area contributed by atoms with Gasteiger partial charge in [-0.25, -0.2) is 27.1 Å². The molecule has 1 aliphatic rings. The first kappa shape index (κ1) is 21.8. The van der Waals surface area contributed by atoms with Crippen LogP contribution in [0.5, 0.6) is 0 Å². The maximum absolute atomic E-state index is 14.7. The summed E-state index contributed by atoms with van der Waals surface area (Å²) >= 11 is 1.53. The van der Waals surface area contributed by atoms with Gasteiger partial charge in [0, 0.05) is 29.2 Å². The maximum atomic E-state index is 14.7. The highest BCUT2D eigenvalue weighted by Crippen LogP contribution is 2.34. The largest absolute Gasteiger partial charge is 0.369 e. The van der Waals surface area contributed by atoms with E-state index in [1.165, 1.54) is 49.8 Å². The number of hydrogen-bond acceptors (Lipinski definition) is 8. The fourth-order valence-corrected chi connectivity index (χ4v) is 5.40. The lowest BCUT2D eigenvalue weighted by Crippen LogP contribution is -2.50. The highest BCUT2D eigenvalue weighted by Gasteiger charge is 2.41. The number of halogens is 1. The van der Waals surface area contributed by atoms with Gasteiger partial charge in [0.1, 0.15) is 17.1 Å². The molecule has 2 aromatic heterocycles. The SMILES string of the molecule is CN1C(N)=N[C@](C)(c2cc(NC(=O)c3cnc(-c4ccsc4)cn3)ccc2F)CS1(=O)=O. The van der Waals surface area contributed by atoms with E-state index < -0.39 is 33.0 Å². The van der Waals surface area contributed by atoms with Crippen LogP contribution in [0, 0.1) is 5.82 Å². The van der Waals surface area contributed by atoms with Crippen molar-refractivity contribution in [2.45, 2.75) is 12.5 Å². The molecule has 0 radical (unpaired) electrons. The van der Waals surface area contributed by atoms with E-state index in [0.29, 0.717) is 5.69 Å². The molecule has 3 N–H and O–H groups in total. The van der Waals surface area contributed by atoms with Crippen LogP contribution in [0.2, 0.25) is 0 Å². The van der Waals surface area contributed by atoms with Gasteiger partial charge in [0.05, 0.1) is 23.8 Å². The summed E-state index contributed by atoms with van der Waals surface area (Å²) in [6.45, 7) is 1.48. The second-order valence-electron chi connectivity index (χ2n) is 7.42. The number of aliphatic imine (C=N–C) groups is 1. The van der Waals surface area contributed by atoms with Crippen LogP contribution in [0.3, 0.4) is 0 Å². The maximum Gasteiger partial charge on any atom is 0.275 e. The minimum absolute atomic E-state index is 0.00573. The Bertz CT molecular complexity index is 1310. The molecule has 0 saturated heterocycles. The van der Waals surface area contributed by atoms with Gasteiger partial charge in [0.2, 0.25) is 16.0 Å². The molecular weight excluding hydrogens is 455 g/mol. The Labute approximate surface area is 187 Å². The molecule has 4 rings (SSSR count). The Morgan fingerprint density at radius 2 is 2.06 bits per heavy atom. The number of carbonyl (C=O) groups excluding carboxylic acids is 1. The zero-order valence-corrected chi connectivity index (χ0v) is 18.7. The van der Waals surface area contributed by atoms with Crippen molar-refractivity contribution < 1.29 is 17.6 Å². The van der Waals surface area contributed by atoms with Crippen molar-refractivity contribution >= 4 is 38.9 Å². The molecule has 3 aromatic rings. The normalized spacial score (nSPS) is 20.0. The Kier molecular flexibility index (Phi) is 5.42. The van der Waals surface area contributed by atoms with Crippen LogP contribution in [-0.4, -0.2) is 47.4 Å². The molecule has 0 aliphatic carbocycles. The smallest absolute Gasteiger partial charge is 0.275 e. The zero-order chi connectivity index (χ0) is 23.1. The van der Waals surface area contributed by atoms with Crippen LogP contribution in [0.4, 0.5) is 10.1 Å². The summed E-state index contributed by atoms with van der Waals surface area (Å²) < 4.78 is 40.3. The van der Waals surface area contributed by atoms with Crippen molar-refractivity contribution in [1.82, 2.24) is 14.3 Å². The van der Waals surface area contributed by atoms with E-state index in [4.69, 9.17) is 5.73 Å². The number of anilines is 1. The zero-order valence-electron chi connectivity index (χ0n) is 17.1. The summed E-state index contributed by atoms with van der Waals surface area (Å²) in [5, 5.41) is 6.47. The second-order valence-corrected chi connectivity index (χ2v) is 10.2. The lowest BCUT2D eigenvalue weighted by Gasteiger charge is -2.34. The highest BCUT2D eigenvalue weighted by molar-refractivity contribution is 7.89. The van der Waals surface area contributed by atoms with E-state index >= 15 is 0 Å². The number of nitrogens with zero attached hydrogens (tertiary/aromatic N) is 4. The van der Waals surface area contributed by atoms with Crippen LogP contribution < -0.4 is 11.1 Å². The van der Waals surface area contributed by atoms with Crippen molar-refractivity contribution in [3.05, 3.63) is 64.5 Å². The average molecular weight is 475 g/mol. The van der Waals surface area contributed by atoms with Gasteiger partial charge in [-0.2, -0.15) is 11.3 Å². The van der Waals surface area contributed by atoms with Crippen LogP contribution in [0.25, 0.3) is 11.3 Å². The summed E-state index contributed by atoms with van der Waals surface area (Å²) in [5.41, 5.74) is 6.15. The second kappa shape index (κ2) is 7.95. The number of rotatable bonds is 4. The van der Waals surface area contributed by atoms with Gasteiger partial charge in [0.25, 0.3) is 5.91 Å². The number of amides is 1. The Balaban J connectivity index is 1.60. The molecule has 3 heterocycles. The Morgan fingerprint density at radius 3 is 2.69 bits per heavy atom. The molecule has 1 aliphatic heterocycles. The Hall–Kier alpha value is -3.38. The van der Waals surface area contributed by atoms with Gasteiger partial charge < -0.3 is 11.1 Å². The Morgan fingerprint density at radius 1 is 1.28 bits per heavy atom. The van der Waals surface area contributed by atoms with E-state index in [1.807, 2.05) is 16.8 Å². The fraction of sp³-hybridized carbons (Fsp3) is 0.200. The number of nitrogens with two attached hydrogens (primary N) is 1. The summed E-state index contributed by atoms with van der Waals surface area (Å²) in [4.78, 5) is 25.2. The van der Waals surface area contributed by atoms with E-state index in [2.05, 4.69) is 20.3 Å². The van der Waals surface area contributed by atoms with Crippen molar-refractivity contribution in [2.75, 3.05) is 18.1 Å². The van der Waals surface area contributed by atoms with Crippen molar-refractivity contribution in [1.29, 1.82) is 0 Å². The van der Waals surface area contributed by atoms with E-state index in [0.717, 1.165) is 15.9 Å². The minimum Gasteiger partial charge on any atom is -0.369 e. The number of sulfonamides is 1.